The van der Waals surface area contributed by atoms with E-state index in [0.29, 0.717) is 17.3 Å². The molecule has 0 aliphatic rings. The van der Waals surface area contributed by atoms with E-state index in [1.165, 1.54) is 11.8 Å². The smallest absolute Gasteiger partial charge is 0.307 e. The molecule has 0 radical (unpaired) electrons. The maximum atomic E-state index is 11.6. The first kappa shape index (κ1) is 16.6. The maximum Gasteiger partial charge on any atom is 0.307 e. The van der Waals surface area contributed by atoms with Crippen LogP contribution in [0.3, 0.4) is 0 Å². The van der Waals surface area contributed by atoms with Gasteiger partial charge in [0.1, 0.15) is 11.4 Å². The van der Waals surface area contributed by atoms with E-state index in [0.717, 1.165) is 0 Å². The fourth-order valence-corrected chi connectivity index (χ4v) is 2.03. The Bertz CT molecular complexity index is 465. The van der Waals surface area contributed by atoms with Crippen molar-refractivity contribution in [1.82, 2.24) is 5.16 Å². The Morgan fingerprint density at radius 1 is 1.45 bits per heavy atom. The third-order valence-corrected chi connectivity index (χ3v) is 2.96. The highest BCUT2D eigenvalue weighted by Crippen LogP contribution is 2.11. The number of thioether (sulfide) groups is 1. The molecule has 1 heterocycles. The van der Waals surface area contributed by atoms with Gasteiger partial charge in [0.2, 0.25) is 5.91 Å². The molecule has 20 heavy (non-hydrogen) atoms. The number of ether oxygens (including phenoxy) is 1. The summed E-state index contributed by atoms with van der Waals surface area (Å²) in [6.45, 7) is 7.22. The first-order valence-corrected chi connectivity index (χ1v) is 7.44. The molecule has 0 atom stereocenters. The minimum absolute atomic E-state index is 0.174. The monoisotopic (exact) mass is 300 g/mol. The van der Waals surface area contributed by atoms with Crippen LogP contribution >= 0.6 is 11.8 Å². The van der Waals surface area contributed by atoms with E-state index in [-0.39, 0.29) is 24.1 Å². The zero-order valence-corrected chi connectivity index (χ0v) is 13.0. The lowest BCUT2D eigenvalue weighted by molar-refractivity contribution is -0.154. The first-order chi connectivity index (χ1) is 9.26. The zero-order chi connectivity index (χ0) is 15.2. The van der Waals surface area contributed by atoms with Crippen molar-refractivity contribution in [3.8, 4) is 0 Å². The lowest BCUT2D eigenvalue weighted by Crippen LogP contribution is -2.24. The Kier molecular flexibility index (Phi) is 6.06. The van der Waals surface area contributed by atoms with Crippen molar-refractivity contribution in [3.05, 3.63) is 11.8 Å². The van der Waals surface area contributed by atoms with Crippen LogP contribution in [-0.4, -0.2) is 34.1 Å². The van der Waals surface area contributed by atoms with Gasteiger partial charge in [-0.1, -0.05) is 5.16 Å². The van der Waals surface area contributed by atoms with Gasteiger partial charge in [-0.05, 0) is 27.7 Å². The van der Waals surface area contributed by atoms with Crippen LogP contribution in [0.4, 0.5) is 5.82 Å². The van der Waals surface area contributed by atoms with E-state index in [1.807, 2.05) is 20.8 Å². The number of hydrogen-bond acceptors (Lipinski definition) is 6. The molecule has 0 saturated heterocycles. The van der Waals surface area contributed by atoms with Crippen LogP contribution < -0.4 is 5.32 Å². The number of carbonyl (C=O) groups is 2. The molecule has 0 fully saturated rings. The van der Waals surface area contributed by atoms with Crippen molar-refractivity contribution in [2.24, 2.45) is 0 Å². The standard InChI is InChI=1S/C13H20N2O4S/c1-9-7-10(15-19-9)14-11(16)8-20-6-5-12(17)18-13(2,3)4/h7H,5-6,8H2,1-4H3,(H,14,15,16). The van der Waals surface area contributed by atoms with Crippen molar-refractivity contribution >= 4 is 29.5 Å². The van der Waals surface area contributed by atoms with E-state index >= 15 is 0 Å². The van der Waals surface area contributed by atoms with Gasteiger partial charge in [0.15, 0.2) is 5.82 Å². The SMILES string of the molecule is Cc1cc(NC(=O)CSCCC(=O)OC(C)(C)C)no1. The second-order valence-electron chi connectivity index (χ2n) is 5.26. The Morgan fingerprint density at radius 2 is 2.15 bits per heavy atom. The van der Waals surface area contributed by atoms with E-state index in [9.17, 15) is 9.59 Å². The molecule has 1 amide bonds. The number of amides is 1. The summed E-state index contributed by atoms with van der Waals surface area (Å²) < 4.78 is 10.0. The zero-order valence-electron chi connectivity index (χ0n) is 12.2. The van der Waals surface area contributed by atoms with Crippen LogP contribution in [0, 0.1) is 6.92 Å². The van der Waals surface area contributed by atoms with Crippen LogP contribution in [0.2, 0.25) is 0 Å². The summed E-state index contributed by atoms with van der Waals surface area (Å²) in [5.74, 6) is 1.41. The van der Waals surface area contributed by atoms with Gasteiger partial charge in [0, 0.05) is 11.8 Å². The van der Waals surface area contributed by atoms with Crippen LogP contribution in [0.1, 0.15) is 33.0 Å². The lowest BCUT2D eigenvalue weighted by atomic mass is 10.2. The molecule has 112 valence electrons. The van der Waals surface area contributed by atoms with Gasteiger partial charge in [0.25, 0.3) is 0 Å². The van der Waals surface area contributed by atoms with Crippen LogP contribution in [0.25, 0.3) is 0 Å². The molecule has 7 heteroatoms. The number of aromatic nitrogens is 1. The molecule has 0 spiro atoms. The second-order valence-corrected chi connectivity index (χ2v) is 6.37. The second kappa shape index (κ2) is 7.33. The minimum Gasteiger partial charge on any atom is -0.460 e. The van der Waals surface area contributed by atoms with Crippen molar-refractivity contribution < 1.29 is 18.8 Å². The van der Waals surface area contributed by atoms with E-state index in [2.05, 4.69) is 10.5 Å². The number of nitrogens with one attached hydrogen (secondary N) is 1. The predicted molar refractivity (Wildman–Crippen MR) is 77.7 cm³/mol. The molecular weight excluding hydrogens is 280 g/mol. The lowest BCUT2D eigenvalue weighted by Gasteiger charge is -2.19. The Balaban J connectivity index is 2.15. The Morgan fingerprint density at radius 3 is 2.70 bits per heavy atom. The highest BCUT2D eigenvalue weighted by atomic mass is 32.2. The number of esters is 1. The van der Waals surface area contributed by atoms with Gasteiger partial charge < -0.3 is 14.6 Å². The van der Waals surface area contributed by atoms with Gasteiger partial charge in [-0.2, -0.15) is 11.8 Å². The van der Waals surface area contributed by atoms with E-state index in [4.69, 9.17) is 9.26 Å². The minimum atomic E-state index is -0.468. The molecule has 6 nitrogen and oxygen atoms in total. The summed E-state index contributed by atoms with van der Waals surface area (Å²) in [6, 6.07) is 1.64. The van der Waals surface area contributed by atoms with E-state index in [1.54, 1.807) is 13.0 Å². The van der Waals surface area contributed by atoms with Crippen LogP contribution in [0.15, 0.2) is 10.6 Å². The summed E-state index contributed by atoms with van der Waals surface area (Å²) in [7, 11) is 0. The maximum absolute atomic E-state index is 11.6. The molecule has 0 bridgehead atoms. The third-order valence-electron chi connectivity index (χ3n) is 2.00. The quantitative estimate of drug-likeness (QED) is 0.641. The average molecular weight is 300 g/mol. The van der Waals surface area contributed by atoms with Crippen molar-refractivity contribution in [1.29, 1.82) is 0 Å². The molecule has 0 aliphatic heterocycles. The molecule has 1 N–H and O–H groups in total. The molecule has 0 aromatic carbocycles. The summed E-state index contributed by atoms with van der Waals surface area (Å²) in [5.41, 5.74) is -0.468. The molecule has 0 saturated carbocycles. The van der Waals surface area contributed by atoms with Gasteiger partial charge >= 0.3 is 5.97 Å². The molecule has 0 unspecified atom stereocenters. The highest BCUT2D eigenvalue weighted by molar-refractivity contribution is 7.99. The Labute approximate surface area is 122 Å². The summed E-state index contributed by atoms with van der Waals surface area (Å²) in [6.07, 6.45) is 0.290. The van der Waals surface area contributed by atoms with Crippen molar-refractivity contribution in [2.75, 3.05) is 16.8 Å². The van der Waals surface area contributed by atoms with Crippen LogP contribution in [-0.2, 0) is 14.3 Å². The first-order valence-electron chi connectivity index (χ1n) is 6.29. The molecule has 1 rings (SSSR count). The molecule has 0 aliphatic carbocycles. The fraction of sp³-hybridized carbons (Fsp3) is 0.615. The van der Waals surface area contributed by atoms with E-state index < -0.39 is 5.60 Å². The topological polar surface area (TPSA) is 81.4 Å². The highest BCUT2D eigenvalue weighted by Gasteiger charge is 2.16. The number of carbonyl (C=O) groups excluding carboxylic acids is 2. The van der Waals surface area contributed by atoms with Gasteiger partial charge in [-0.3, -0.25) is 9.59 Å². The van der Waals surface area contributed by atoms with Gasteiger partial charge in [-0.15, -0.1) is 0 Å². The Hall–Kier alpha value is -1.50. The fourth-order valence-electron chi connectivity index (χ4n) is 1.32. The summed E-state index contributed by atoms with van der Waals surface area (Å²) in [5, 5.41) is 6.27. The summed E-state index contributed by atoms with van der Waals surface area (Å²) >= 11 is 1.37. The number of nitrogens with zero attached hydrogens (tertiary/aromatic N) is 1. The number of hydrogen-bond donors (Lipinski definition) is 1. The number of rotatable bonds is 6. The largest absolute Gasteiger partial charge is 0.460 e. The summed E-state index contributed by atoms with van der Waals surface area (Å²) in [4.78, 5) is 23.0. The predicted octanol–water partition coefficient (Wildman–Crippen LogP) is 2.39. The van der Waals surface area contributed by atoms with Gasteiger partial charge in [-0.25, -0.2) is 0 Å². The average Bonchev–Trinajstić information content (AvgIpc) is 2.68. The molecular formula is C13H20N2O4S. The third kappa shape index (κ3) is 7.18. The number of anilines is 1. The van der Waals surface area contributed by atoms with Crippen LogP contribution in [0.5, 0.6) is 0 Å². The van der Waals surface area contributed by atoms with Gasteiger partial charge in [0.05, 0.1) is 12.2 Å². The molecule has 1 aromatic heterocycles. The molecule has 1 aromatic rings. The normalized spacial score (nSPS) is 11.2. The van der Waals surface area contributed by atoms with Crippen molar-refractivity contribution in [2.45, 2.75) is 39.7 Å². The number of aryl methyl sites for hydroxylation is 1. The van der Waals surface area contributed by atoms with Crippen molar-refractivity contribution in [3.63, 3.8) is 0 Å².